The lowest BCUT2D eigenvalue weighted by Crippen LogP contribution is -2.45. The molecule has 17 heavy (non-hydrogen) atoms. The Morgan fingerprint density at radius 2 is 1.88 bits per heavy atom. The zero-order valence-corrected chi connectivity index (χ0v) is 10.1. The minimum atomic E-state index is -0.967. The normalized spacial score (nSPS) is 11.9. The van der Waals surface area contributed by atoms with Gasteiger partial charge in [0.2, 0.25) is 5.91 Å². The van der Waals surface area contributed by atoms with Crippen LogP contribution in [0.25, 0.3) is 0 Å². The van der Waals surface area contributed by atoms with Crippen molar-refractivity contribution < 1.29 is 14.7 Å². The molecule has 0 saturated carbocycles. The van der Waals surface area contributed by atoms with Gasteiger partial charge in [0, 0.05) is 19.9 Å². The molecule has 0 aliphatic rings. The van der Waals surface area contributed by atoms with Crippen LogP contribution >= 0.6 is 0 Å². The molecular formula is C13H17NO3. The van der Waals surface area contributed by atoms with Gasteiger partial charge in [0.05, 0.1) is 0 Å². The summed E-state index contributed by atoms with van der Waals surface area (Å²) in [6, 6.07) is 8.53. The summed E-state index contributed by atoms with van der Waals surface area (Å²) >= 11 is 0. The molecule has 0 saturated heterocycles. The predicted molar refractivity (Wildman–Crippen MR) is 64.6 cm³/mol. The third kappa shape index (κ3) is 3.59. The van der Waals surface area contributed by atoms with Crippen LogP contribution in [0.5, 0.6) is 0 Å². The van der Waals surface area contributed by atoms with Gasteiger partial charge in [-0.3, -0.25) is 4.79 Å². The average molecular weight is 235 g/mol. The van der Waals surface area contributed by atoms with E-state index in [0.29, 0.717) is 13.0 Å². The van der Waals surface area contributed by atoms with E-state index in [4.69, 9.17) is 0 Å². The van der Waals surface area contributed by atoms with Crippen molar-refractivity contribution >= 4 is 11.9 Å². The Kier molecular flexibility index (Phi) is 4.69. The highest BCUT2D eigenvalue weighted by atomic mass is 16.4. The lowest BCUT2D eigenvalue weighted by molar-refractivity contribution is -0.149. The standard InChI is InChI=1S/C13H17NO3/c1-3-14(10(2)15)12(13(16)17)9-11-7-5-4-6-8-11/h4-8,12H,3,9H2,1-2H3,(H,16,17). The number of hydrogen-bond acceptors (Lipinski definition) is 2. The first-order valence-corrected chi connectivity index (χ1v) is 5.60. The van der Waals surface area contributed by atoms with E-state index in [1.807, 2.05) is 30.3 Å². The number of carbonyl (C=O) groups excluding carboxylic acids is 1. The maximum atomic E-state index is 11.4. The second kappa shape index (κ2) is 6.03. The van der Waals surface area contributed by atoms with Gasteiger partial charge < -0.3 is 10.0 Å². The van der Waals surface area contributed by atoms with Crippen LogP contribution in [-0.4, -0.2) is 34.5 Å². The van der Waals surface area contributed by atoms with E-state index < -0.39 is 12.0 Å². The molecule has 0 aliphatic carbocycles. The Hall–Kier alpha value is -1.84. The van der Waals surface area contributed by atoms with Crippen LogP contribution in [0.1, 0.15) is 19.4 Å². The number of carbonyl (C=O) groups is 2. The van der Waals surface area contributed by atoms with E-state index in [-0.39, 0.29) is 5.91 Å². The Morgan fingerprint density at radius 1 is 1.29 bits per heavy atom. The molecule has 4 nitrogen and oxygen atoms in total. The molecule has 1 rings (SSSR count). The number of carboxylic acid groups (broad SMARTS) is 1. The van der Waals surface area contributed by atoms with E-state index in [1.165, 1.54) is 11.8 Å². The Bertz CT molecular complexity index is 389. The van der Waals surface area contributed by atoms with E-state index in [0.717, 1.165) is 5.56 Å². The minimum absolute atomic E-state index is 0.212. The first-order valence-electron chi connectivity index (χ1n) is 5.60. The fraction of sp³-hybridized carbons (Fsp3) is 0.385. The SMILES string of the molecule is CCN(C(C)=O)C(Cc1ccccc1)C(=O)O. The van der Waals surface area contributed by atoms with Crippen molar-refractivity contribution in [2.45, 2.75) is 26.3 Å². The first kappa shape index (κ1) is 13.2. The number of benzene rings is 1. The molecular weight excluding hydrogens is 218 g/mol. The summed E-state index contributed by atoms with van der Waals surface area (Å²) in [5.41, 5.74) is 0.916. The van der Waals surface area contributed by atoms with E-state index >= 15 is 0 Å². The molecule has 0 bridgehead atoms. The number of rotatable bonds is 5. The van der Waals surface area contributed by atoms with Crippen LogP contribution in [0.3, 0.4) is 0 Å². The number of amides is 1. The van der Waals surface area contributed by atoms with E-state index in [2.05, 4.69) is 0 Å². The average Bonchev–Trinajstić information content (AvgIpc) is 2.29. The van der Waals surface area contributed by atoms with Crippen LogP contribution in [0.4, 0.5) is 0 Å². The van der Waals surface area contributed by atoms with Gasteiger partial charge >= 0.3 is 5.97 Å². The van der Waals surface area contributed by atoms with Crippen LogP contribution in [0.15, 0.2) is 30.3 Å². The molecule has 1 aromatic rings. The molecule has 4 heteroatoms. The molecule has 0 heterocycles. The largest absolute Gasteiger partial charge is 0.480 e. The molecule has 0 radical (unpaired) electrons. The van der Waals surface area contributed by atoms with Crippen LogP contribution < -0.4 is 0 Å². The van der Waals surface area contributed by atoms with Crippen LogP contribution in [0, 0.1) is 0 Å². The van der Waals surface area contributed by atoms with Gasteiger partial charge in [-0.25, -0.2) is 4.79 Å². The first-order chi connectivity index (χ1) is 8.06. The van der Waals surface area contributed by atoms with Gasteiger partial charge in [0.1, 0.15) is 6.04 Å². The summed E-state index contributed by atoms with van der Waals surface area (Å²) in [4.78, 5) is 24.0. The fourth-order valence-corrected chi connectivity index (χ4v) is 1.83. The topological polar surface area (TPSA) is 57.6 Å². The Labute approximate surface area is 101 Å². The quantitative estimate of drug-likeness (QED) is 0.842. The number of aliphatic carboxylic acids is 1. The zero-order chi connectivity index (χ0) is 12.8. The maximum Gasteiger partial charge on any atom is 0.326 e. The van der Waals surface area contributed by atoms with Gasteiger partial charge in [0.25, 0.3) is 0 Å². The second-order valence-electron chi connectivity index (χ2n) is 3.85. The summed E-state index contributed by atoms with van der Waals surface area (Å²) in [6.07, 6.45) is 0.337. The number of likely N-dealkylation sites (N-methyl/N-ethyl adjacent to an activating group) is 1. The van der Waals surface area contributed by atoms with Gasteiger partial charge in [-0.1, -0.05) is 30.3 Å². The summed E-state index contributed by atoms with van der Waals surface area (Å²) in [5.74, 6) is -1.18. The highest BCUT2D eigenvalue weighted by Gasteiger charge is 2.26. The van der Waals surface area contributed by atoms with Crippen molar-refractivity contribution in [3.05, 3.63) is 35.9 Å². The molecule has 1 amide bonds. The summed E-state index contributed by atoms with van der Waals surface area (Å²) in [5, 5.41) is 9.19. The lowest BCUT2D eigenvalue weighted by Gasteiger charge is -2.26. The van der Waals surface area contributed by atoms with Crippen molar-refractivity contribution in [3.8, 4) is 0 Å². The van der Waals surface area contributed by atoms with E-state index in [9.17, 15) is 14.7 Å². The summed E-state index contributed by atoms with van der Waals surface area (Å²) < 4.78 is 0. The third-order valence-corrected chi connectivity index (χ3v) is 2.68. The van der Waals surface area contributed by atoms with Gasteiger partial charge in [-0.05, 0) is 12.5 Å². The number of carboxylic acids is 1. The van der Waals surface area contributed by atoms with Crippen LogP contribution in [-0.2, 0) is 16.0 Å². The molecule has 1 unspecified atom stereocenters. The third-order valence-electron chi connectivity index (χ3n) is 2.68. The number of hydrogen-bond donors (Lipinski definition) is 1. The molecule has 92 valence electrons. The Balaban J connectivity index is 2.87. The van der Waals surface area contributed by atoms with Crippen molar-refractivity contribution in [1.29, 1.82) is 0 Å². The number of nitrogens with zero attached hydrogens (tertiary/aromatic N) is 1. The Morgan fingerprint density at radius 3 is 2.29 bits per heavy atom. The van der Waals surface area contributed by atoms with Gasteiger partial charge in [-0.2, -0.15) is 0 Å². The highest BCUT2D eigenvalue weighted by molar-refractivity contribution is 5.82. The second-order valence-corrected chi connectivity index (χ2v) is 3.85. The molecule has 0 fully saturated rings. The zero-order valence-electron chi connectivity index (χ0n) is 10.1. The molecule has 0 aliphatic heterocycles. The van der Waals surface area contributed by atoms with Crippen LogP contribution in [0.2, 0.25) is 0 Å². The maximum absolute atomic E-state index is 11.4. The van der Waals surface area contributed by atoms with Crippen molar-refractivity contribution in [2.24, 2.45) is 0 Å². The smallest absolute Gasteiger partial charge is 0.326 e. The monoisotopic (exact) mass is 235 g/mol. The molecule has 1 atom stereocenters. The van der Waals surface area contributed by atoms with Gasteiger partial charge in [-0.15, -0.1) is 0 Å². The lowest BCUT2D eigenvalue weighted by atomic mass is 10.0. The molecule has 0 aromatic heterocycles. The van der Waals surface area contributed by atoms with Crippen molar-refractivity contribution in [3.63, 3.8) is 0 Å². The minimum Gasteiger partial charge on any atom is -0.480 e. The van der Waals surface area contributed by atoms with Crippen molar-refractivity contribution in [1.82, 2.24) is 4.90 Å². The molecule has 0 spiro atoms. The summed E-state index contributed by atoms with van der Waals surface area (Å²) in [7, 11) is 0. The summed E-state index contributed by atoms with van der Waals surface area (Å²) in [6.45, 7) is 3.58. The fourth-order valence-electron chi connectivity index (χ4n) is 1.83. The molecule has 1 N–H and O–H groups in total. The highest BCUT2D eigenvalue weighted by Crippen LogP contribution is 2.09. The molecule has 1 aromatic carbocycles. The van der Waals surface area contributed by atoms with Gasteiger partial charge in [0.15, 0.2) is 0 Å². The van der Waals surface area contributed by atoms with Crippen molar-refractivity contribution in [2.75, 3.05) is 6.54 Å². The predicted octanol–water partition coefficient (Wildman–Crippen LogP) is 1.55. The van der Waals surface area contributed by atoms with E-state index in [1.54, 1.807) is 6.92 Å².